The molecule has 0 bridgehead atoms. The molecule has 1 atom stereocenters. The summed E-state index contributed by atoms with van der Waals surface area (Å²) in [6, 6.07) is 1.57. The van der Waals surface area contributed by atoms with Crippen molar-refractivity contribution in [1.29, 1.82) is 5.26 Å². The number of hydrogen-bond donors (Lipinski definition) is 1. The lowest BCUT2D eigenvalue weighted by Crippen LogP contribution is -2.11. The molecule has 0 fully saturated rings. The number of aromatic nitrogens is 2. The molecule has 1 heterocycles. The standard InChI is InChI=1S/C8H7ClF3N3O/c1-15-7(9)5(4(16)2-3-13)6(14-15)8(10,11)12/h4,16H,2H2,1H3. The second kappa shape index (κ2) is 4.31. The van der Waals surface area contributed by atoms with Gasteiger partial charge in [-0.1, -0.05) is 11.6 Å². The summed E-state index contributed by atoms with van der Waals surface area (Å²) in [5.74, 6) is 0. The van der Waals surface area contributed by atoms with Crippen molar-refractivity contribution in [3.8, 4) is 6.07 Å². The first kappa shape index (κ1) is 12.8. The Morgan fingerprint density at radius 1 is 1.62 bits per heavy atom. The van der Waals surface area contributed by atoms with Crippen LogP contribution in [0.5, 0.6) is 0 Å². The van der Waals surface area contributed by atoms with E-state index in [-0.39, 0.29) is 5.15 Å². The van der Waals surface area contributed by atoms with Gasteiger partial charge in [-0.3, -0.25) is 4.68 Å². The molecule has 1 aromatic rings. The highest BCUT2D eigenvalue weighted by Gasteiger charge is 2.40. The first-order valence-corrected chi connectivity index (χ1v) is 4.51. The van der Waals surface area contributed by atoms with Crippen LogP contribution in [-0.2, 0) is 13.2 Å². The van der Waals surface area contributed by atoms with Crippen LogP contribution in [0.25, 0.3) is 0 Å². The normalized spacial score (nSPS) is 13.6. The van der Waals surface area contributed by atoms with E-state index in [1.807, 2.05) is 0 Å². The van der Waals surface area contributed by atoms with E-state index in [1.165, 1.54) is 7.05 Å². The lowest BCUT2D eigenvalue weighted by molar-refractivity contribution is -0.143. The van der Waals surface area contributed by atoms with E-state index in [0.29, 0.717) is 0 Å². The van der Waals surface area contributed by atoms with Gasteiger partial charge in [-0.15, -0.1) is 0 Å². The lowest BCUT2D eigenvalue weighted by atomic mass is 10.1. The zero-order valence-corrected chi connectivity index (χ0v) is 8.84. The number of alkyl halides is 3. The van der Waals surface area contributed by atoms with Crippen LogP contribution in [0.15, 0.2) is 0 Å². The van der Waals surface area contributed by atoms with Gasteiger partial charge < -0.3 is 5.11 Å². The maximum absolute atomic E-state index is 12.5. The Bertz CT molecular complexity index is 435. The average Bonchev–Trinajstić information content (AvgIpc) is 2.43. The molecule has 16 heavy (non-hydrogen) atoms. The highest BCUT2D eigenvalue weighted by Crippen LogP contribution is 2.38. The highest BCUT2D eigenvalue weighted by molar-refractivity contribution is 6.30. The van der Waals surface area contributed by atoms with Crippen molar-refractivity contribution in [1.82, 2.24) is 9.78 Å². The molecule has 0 radical (unpaired) electrons. The van der Waals surface area contributed by atoms with E-state index in [2.05, 4.69) is 5.10 Å². The van der Waals surface area contributed by atoms with Crippen LogP contribution in [0.1, 0.15) is 23.8 Å². The maximum Gasteiger partial charge on any atom is 0.435 e. The molecule has 1 rings (SSSR count). The van der Waals surface area contributed by atoms with Gasteiger partial charge in [0.05, 0.1) is 24.2 Å². The molecule has 1 N–H and O–H groups in total. The van der Waals surface area contributed by atoms with Crippen LogP contribution >= 0.6 is 11.6 Å². The van der Waals surface area contributed by atoms with Crippen molar-refractivity contribution in [2.45, 2.75) is 18.7 Å². The minimum absolute atomic E-state index is 0.324. The van der Waals surface area contributed by atoms with Gasteiger partial charge in [0.1, 0.15) is 5.15 Å². The summed E-state index contributed by atoms with van der Waals surface area (Å²) in [7, 11) is 1.22. The smallest absolute Gasteiger partial charge is 0.387 e. The predicted molar refractivity (Wildman–Crippen MR) is 48.4 cm³/mol. The fourth-order valence-corrected chi connectivity index (χ4v) is 1.47. The van der Waals surface area contributed by atoms with E-state index >= 15 is 0 Å². The third-order valence-electron chi connectivity index (χ3n) is 1.90. The zero-order valence-electron chi connectivity index (χ0n) is 8.09. The Morgan fingerprint density at radius 2 is 2.19 bits per heavy atom. The maximum atomic E-state index is 12.5. The van der Waals surface area contributed by atoms with E-state index in [1.54, 1.807) is 6.07 Å². The molecule has 1 unspecified atom stereocenters. The first-order chi connectivity index (χ1) is 7.29. The zero-order chi connectivity index (χ0) is 12.5. The summed E-state index contributed by atoms with van der Waals surface area (Å²) < 4.78 is 38.3. The highest BCUT2D eigenvalue weighted by atomic mass is 35.5. The lowest BCUT2D eigenvalue weighted by Gasteiger charge is -2.09. The Kier molecular flexibility index (Phi) is 3.45. The van der Waals surface area contributed by atoms with Crippen molar-refractivity contribution in [3.05, 3.63) is 16.4 Å². The van der Waals surface area contributed by atoms with Crippen LogP contribution in [0.3, 0.4) is 0 Å². The molecule has 0 spiro atoms. The molecule has 0 aliphatic rings. The minimum atomic E-state index is -4.71. The molecule has 0 amide bonds. The van der Waals surface area contributed by atoms with Gasteiger partial charge in [-0.05, 0) is 0 Å². The summed E-state index contributed by atoms with van der Waals surface area (Å²) >= 11 is 5.58. The largest absolute Gasteiger partial charge is 0.435 e. The third kappa shape index (κ3) is 2.28. The summed E-state index contributed by atoms with van der Waals surface area (Å²) in [6.45, 7) is 0. The summed E-state index contributed by atoms with van der Waals surface area (Å²) in [5.41, 5.74) is -1.82. The number of halogens is 4. The van der Waals surface area contributed by atoms with Crippen molar-refractivity contribution < 1.29 is 18.3 Å². The fourth-order valence-electron chi connectivity index (χ4n) is 1.21. The molecule has 8 heteroatoms. The number of rotatable bonds is 2. The number of aliphatic hydroxyl groups is 1. The number of hydrogen-bond acceptors (Lipinski definition) is 3. The molecule has 0 aliphatic heterocycles. The Labute approximate surface area is 93.9 Å². The second-order valence-electron chi connectivity index (χ2n) is 3.05. The van der Waals surface area contributed by atoms with E-state index in [9.17, 15) is 18.3 Å². The van der Waals surface area contributed by atoms with Gasteiger partial charge in [-0.2, -0.15) is 23.5 Å². The van der Waals surface area contributed by atoms with Gasteiger partial charge in [-0.25, -0.2) is 0 Å². The van der Waals surface area contributed by atoms with Gasteiger partial charge in [0.15, 0.2) is 5.69 Å². The summed E-state index contributed by atoms with van der Waals surface area (Å²) in [5, 5.41) is 20.6. The predicted octanol–water partition coefficient (Wildman–Crippen LogP) is 2.04. The number of nitriles is 1. The van der Waals surface area contributed by atoms with Crippen LogP contribution in [0, 0.1) is 11.3 Å². The van der Waals surface area contributed by atoms with Gasteiger partial charge in [0, 0.05) is 7.05 Å². The van der Waals surface area contributed by atoms with Gasteiger partial charge in [0.25, 0.3) is 0 Å². The van der Waals surface area contributed by atoms with Crippen LogP contribution in [0.2, 0.25) is 5.15 Å². The van der Waals surface area contributed by atoms with Crippen molar-refractivity contribution >= 4 is 11.6 Å². The SMILES string of the molecule is Cn1nc(C(F)(F)F)c(C(O)CC#N)c1Cl. The molecule has 0 aliphatic carbocycles. The van der Waals surface area contributed by atoms with Crippen LogP contribution < -0.4 is 0 Å². The monoisotopic (exact) mass is 253 g/mol. The van der Waals surface area contributed by atoms with Gasteiger partial charge >= 0.3 is 6.18 Å². The van der Waals surface area contributed by atoms with Gasteiger partial charge in [0.2, 0.25) is 0 Å². The molecule has 0 aromatic carbocycles. The van der Waals surface area contributed by atoms with E-state index in [0.717, 1.165) is 4.68 Å². The third-order valence-corrected chi connectivity index (χ3v) is 2.35. The number of nitrogens with zero attached hydrogens (tertiary/aromatic N) is 3. The van der Waals surface area contributed by atoms with Crippen molar-refractivity contribution in [3.63, 3.8) is 0 Å². The molecular weight excluding hydrogens is 247 g/mol. The second-order valence-corrected chi connectivity index (χ2v) is 3.41. The van der Waals surface area contributed by atoms with Crippen LogP contribution in [-0.4, -0.2) is 14.9 Å². The first-order valence-electron chi connectivity index (χ1n) is 4.13. The Morgan fingerprint density at radius 3 is 2.62 bits per heavy atom. The average molecular weight is 254 g/mol. The minimum Gasteiger partial charge on any atom is -0.387 e. The molecule has 1 aromatic heterocycles. The Balaban J connectivity index is 3.31. The molecular formula is C8H7ClF3N3O. The topological polar surface area (TPSA) is 61.8 Å². The van der Waals surface area contributed by atoms with Crippen LogP contribution in [0.4, 0.5) is 13.2 Å². The molecule has 0 saturated heterocycles. The van der Waals surface area contributed by atoms with Crippen molar-refractivity contribution in [2.75, 3.05) is 0 Å². The molecule has 0 saturated carbocycles. The van der Waals surface area contributed by atoms with Crippen molar-refractivity contribution in [2.24, 2.45) is 7.05 Å². The van der Waals surface area contributed by atoms with E-state index < -0.39 is 30.0 Å². The number of aliphatic hydroxyl groups excluding tert-OH is 1. The molecule has 4 nitrogen and oxygen atoms in total. The quantitative estimate of drug-likeness (QED) is 0.877. The Hall–Kier alpha value is -1.26. The summed E-state index contributed by atoms with van der Waals surface area (Å²) in [6.07, 6.45) is -6.78. The number of aryl methyl sites for hydroxylation is 1. The molecule has 88 valence electrons. The summed E-state index contributed by atoms with van der Waals surface area (Å²) in [4.78, 5) is 0. The van der Waals surface area contributed by atoms with E-state index in [4.69, 9.17) is 16.9 Å². The fraction of sp³-hybridized carbons (Fsp3) is 0.500.